The van der Waals surface area contributed by atoms with Crippen LogP contribution in [0, 0.1) is 5.92 Å². The number of thioether (sulfide) groups is 1. The number of fused-ring (bicyclic) bond motifs is 1. The largest absolute Gasteiger partial charge is 0.351 e. The van der Waals surface area contributed by atoms with Crippen LogP contribution in [0.2, 0.25) is 5.02 Å². The zero-order valence-electron chi connectivity index (χ0n) is 16.8. The van der Waals surface area contributed by atoms with Gasteiger partial charge in [0.2, 0.25) is 5.91 Å². The topological polar surface area (TPSA) is 64.0 Å². The molecule has 7 heteroatoms. The van der Waals surface area contributed by atoms with Gasteiger partial charge in [0.1, 0.15) is 0 Å². The van der Waals surface area contributed by atoms with Crippen LogP contribution >= 0.6 is 23.4 Å². The Labute approximate surface area is 169 Å². The maximum Gasteiger partial charge on any atom is 0.262 e. The highest BCUT2D eigenvalue weighted by atomic mass is 35.5. The molecule has 0 saturated heterocycles. The first kappa shape index (κ1) is 21.8. The van der Waals surface area contributed by atoms with E-state index in [1.54, 1.807) is 22.8 Å². The number of benzene rings is 1. The molecular formula is C20H28ClN3O2S. The van der Waals surface area contributed by atoms with Gasteiger partial charge in [0.15, 0.2) is 5.16 Å². The molecule has 0 bridgehead atoms. The number of hydrogen-bond donors (Lipinski definition) is 1. The predicted octanol–water partition coefficient (Wildman–Crippen LogP) is 4.49. The first-order valence-electron chi connectivity index (χ1n) is 9.16. The van der Waals surface area contributed by atoms with Crippen LogP contribution in [0.1, 0.15) is 48.0 Å². The van der Waals surface area contributed by atoms with Crippen molar-refractivity contribution in [3.63, 3.8) is 0 Å². The minimum atomic E-state index is -0.377. The minimum Gasteiger partial charge on any atom is -0.351 e. The van der Waals surface area contributed by atoms with Crippen LogP contribution in [-0.2, 0) is 11.3 Å². The molecule has 2 rings (SSSR count). The average molecular weight is 410 g/mol. The maximum absolute atomic E-state index is 13.0. The summed E-state index contributed by atoms with van der Waals surface area (Å²) in [6.45, 7) is 12.5. The van der Waals surface area contributed by atoms with Crippen LogP contribution in [0.3, 0.4) is 0 Å². The summed E-state index contributed by atoms with van der Waals surface area (Å²) in [7, 11) is 0. The Kier molecular flexibility index (Phi) is 6.98. The normalized spacial score (nSPS) is 13.2. The molecule has 148 valence electrons. The van der Waals surface area contributed by atoms with Crippen molar-refractivity contribution in [2.24, 2.45) is 5.92 Å². The van der Waals surface area contributed by atoms with Gasteiger partial charge in [0.05, 0.1) is 16.2 Å². The van der Waals surface area contributed by atoms with Crippen molar-refractivity contribution in [1.82, 2.24) is 14.9 Å². The van der Waals surface area contributed by atoms with Gasteiger partial charge >= 0.3 is 0 Å². The number of aromatic nitrogens is 2. The van der Waals surface area contributed by atoms with Gasteiger partial charge in [-0.15, -0.1) is 0 Å². The van der Waals surface area contributed by atoms with Crippen LogP contribution < -0.4 is 10.9 Å². The molecule has 0 fully saturated rings. The molecule has 0 saturated carbocycles. The van der Waals surface area contributed by atoms with Gasteiger partial charge in [-0.2, -0.15) is 0 Å². The molecule has 1 N–H and O–H groups in total. The molecule has 2 aromatic rings. The Morgan fingerprint density at radius 2 is 1.96 bits per heavy atom. The van der Waals surface area contributed by atoms with Gasteiger partial charge in [0.25, 0.3) is 5.56 Å². The molecule has 1 amide bonds. The molecule has 0 aliphatic rings. The number of rotatable bonds is 6. The quantitative estimate of drug-likeness (QED) is 0.563. The summed E-state index contributed by atoms with van der Waals surface area (Å²) >= 11 is 7.38. The second-order valence-electron chi connectivity index (χ2n) is 8.19. The van der Waals surface area contributed by atoms with E-state index in [1.165, 1.54) is 11.8 Å². The van der Waals surface area contributed by atoms with Crippen molar-refractivity contribution in [2.75, 3.05) is 0 Å². The smallest absolute Gasteiger partial charge is 0.262 e. The van der Waals surface area contributed by atoms with Crippen LogP contribution in [0.4, 0.5) is 0 Å². The highest BCUT2D eigenvalue weighted by Gasteiger charge is 2.23. The molecule has 5 nitrogen and oxygen atoms in total. The van der Waals surface area contributed by atoms with Gasteiger partial charge in [-0.1, -0.05) is 37.2 Å². The monoisotopic (exact) mass is 409 g/mol. The number of hydrogen-bond acceptors (Lipinski definition) is 4. The van der Waals surface area contributed by atoms with Crippen molar-refractivity contribution in [1.29, 1.82) is 0 Å². The Balaban J connectivity index is 2.44. The third-order valence-electron chi connectivity index (χ3n) is 3.96. The number of nitrogens with zero attached hydrogens (tertiary/aromatic N) is 2. The zero-order valence-corrected chi connectivity index (χ0v) is 18.4. The molecule has 1 unspecified atom stereocenters. The second kappa shape index (κ2) is 8.65. The fraction of sp³-hybridized carbons (Fsp3) is 0.550. The second-order valence-corrected chi connectivity index (χ2v) is 9.94. The van der Waals surface area contributed by atoms with Crippen LogP contribution in [0.25, 0.3) is 10.9 Å². The lowest BCUT2D eigenvalue weighted by atomic mass is 10.1. The molecule has 0 aliphatic heterocycles. The summed E-state index contributed by atoms with van der Waals surface area (Å²) in [6.07, 6.45) is 0.858. The molecule has 1 aromatic carbocycles. The van der Waals surface area contributed by atoms with E-state index in [1.807, 2.05) is 27.7 Å². The average Bonchev–Trinajstić information content (AvgIpc) is 2.52. The minimum absolute atomic E-state index is 0.0802. The molecule has 0 aliphatic carbocycles. The summed E-state index contributed by atoms with van der Waals surface area (Å²) in [6, 6.07) is 5.10. The molecular weight excluding hydrogens is 382 g/mol. The number of carbonyl (C=O) groups is 1. The van der Waals surface area contributed by atoms with E-state index in [2.05, 4.69) is 24.1 Å². The van der Waals surface area contributed by atoms with Gasteiger partial charge in [-0.05, 0) is 58.2 Å². The lowest BCUT2D eigenvalue weighted by Gasteiger charge is -2.23. The molecule has 27 heavy (non-hydrogen) atoms. The number of nitrogens with one attached hydrogen (secondary N) is 1. The standard InChI is InChI=1S/C20H28ClN3O2S/c1-12(2)9-10-24-18(26)15-8-7-14(21)11-16(15)22-19(24)27-13(3)17(25)23-20(4,5)6/h7-8,11-13H,9-10H2,1-6H3,(H,23,25). The fourth-order valence-electron chi connectivity index (χ4n) is 2.53. The van der Waals surface area contributed by atoms with E-state index in [9.17, 15) is 9.59 Å². The van der Waals surface area contributed by atoms with Crippen molar-refractivity contribution in [3.05, 3.63) is 33.6 Å². The third-order valence-corrected chi connectivity index (χ3v) is 5.29. The van der Waals surface area contributed by atoms with Crippen LogP contribution in [0.15, 0.2) is 28.2 Å². The SMILES string of the molecule is CC(C)CCn1c(SC(C)C(=O)NC(C)(C)C)nc2cc(Cl)ccc2c1=O. The van der Waals surface area contributed by atoms with Crippen molar-refractivity contribution >= 4 is 40.2 Å². The molecule has 0 radical (unpaired) electrons. The van der Waals surface area contributed by atoms with E-state index in [0.29, 0.717) is 33.5 Å². The van der Waals surface area contributed by atoms with E-state index >= 15 is 0 Å². The molecule has 0 spiro atoms. The van der Waals surface area contributed by atoms with Crippen molar-refractivity contribution < 1.29 is 4.79 Å². The van der Waals surface area contributed by atoms with E-state index in [4.69, 9.17) is 11.6 Å². The summed E-state index contributed by atoms with van der Waals surface area (Å²) < 4.78 is 1.68. The van der Waals surface area contributed by atoms with Crippen molar-refractivity contribution in [2.45, 2.75) is 70.5 Å². The van der Waals surface area contributed by atoms with E-state index in [-0.39, 0.29) is 22.3 Å². The summed E-state index contributed by atoms with van der Waals surface area (Å²) in [4.78, 5) is 30.1. The summed E-state index contributed by atoms with van der Waals surface area (Å²) in [5.41, 5.74) is 0.149. The number of halogens is 1. The van der Waals surface area contributed by atoms with E-state index < -0.39 is 0 Å². The Morgan fingerprint density at radius 3 is 2.56 bits per heavy atom. The molecule has 1 heterocycles. The molecule has 1 aromatic heterocycles. The van der Waals surface area contributed by atoms with E-state index in [0.717, 1.165) is 6.42 Å². The third kappa shape index (κ3) is 5.98. The zero-order chi connectivity index (χ0) is 20.4. The van der Waals surface area contributed by atoms with Gasteiger partial charge in [-0.25, -0.2) is 4.98 Å². The molecule has 1 atom stereocenters. The van der Waals surface area contributed by atoms with Crippen LogP contribution in [0.5, 0.6) is 0 Å². The van der Waals surface area contributed by atoms with Gasteiger partial charge < -0.3 is 5.32 Å². The highest BCUT2D eigenvalue weighted by Crippen LogP contribution is 2.25. The lowest BCUT2D eigenvalue weighted by Crippen LogP contribution is -2.44. The first-order chi connectivity index (χ1) is 12.5. The fourth-order valence-corrected chi connectivity index (χ4v) is 3.63. The lowest BCUT2D eigenvalue weighted by molar-refractivity contribution is -0.121. The summed E-state index contributed by atoms with van der Waals surface area (Å²) in [5.74, 6) is 0.376. The van der Waals surface area contributed by atoms with Gasteiger partial charge in [0, 0.05) is 17.1 Å². The van der Waals surface area contributed by atoms with Crippen LogP contribution in [-0.4, -0.2) is 26.2 Å². The summed E-state index contributed by atoms with van der Waals surface area (Å²) in [5, 5.41) is 4.22. The number of carbonyl (C=O) groups excluding carboxylic acids is 1. The Bertz CT molecular complexity index is 887. The highest BCUT2D eigenvalue weighted by molar-refractivity contribution is 8.00. The first-order valence-corrected chi connectivity index (χ1v) is 10.4. The maximum atomic E-state index is 13.0. The number of amides is 1. The Morgan fingerprint density at radius 1 is 1.30 bits per heavy atom. The van der Waals surface area contributed by atoms with Gasteiger partial charge in [-0.3, -0.25) is 14.2 Å². The Hall–Kier alpha value is -1.53. The predicted molar refractivity (Wildman–Crippen MR) is 114 cm³/mol. The van der Waals surface area contributed by atoms with Crippen molar-refractivity contribution in [3.8, 4) is 0 Å².